The van der Waals surface area contributed by atoms with Gasteiger partial charge in [-0.3, -0.25) is 14.6 Å². The number of rotatable bonds is 2. The van der Waals surface area contributed by atoms with E-state index in [0.29, 0.717) is 19.4 Å². The number of piperidine rings is 2. The van der Waals surface area contributed by atoms with Crippen molar-refractivity contribution in [3.05, 3.63) is 0 Å². The van der Waals surface area contributed by atoms with Crippen LogP contribution in [0.1, 0.15) is 81.1 Å². The summed E-state index contributed by atoms with van der Waals surface area (Å²) in [7, 11) is 4.21. The van der Waals surface area contributed by atoms with Gasteiger partial charge in [0.15, 0.2) is 0 Å². The van der Waals surface area contributed by atoms with Gasteiger partial charge >= 0.3 is 12.1 Å². The third kappa shape index (κ3) is 3.70. The van der Waals surface area contributed by atoms with Crippen molar-refractivity contribution in [1.29, 1.82) is 0 Å². The molecule has 4 rings (SSSR count). The number of carbonyl (C=O) groups is 3. The Morgan fingerprint density at radius 1 is 0.676 bits per heavy atom. The Hall–Kier alpha value is -1.87. The SMILES string of the molecule is CN1C(C)(C)CC2(CN(CN3C(=O)NC4(CC(C)(C)N(C)C(C)(C)C4)C3=O)C(=O)N2)CC1(C)C. The summed E-state index contributed by atoms with van der Waals surface area (Å²) in [6.45, 7) is 17.7. The van der Waals surface area contributed by atoms with Crippen LogP contribution in [-0.2, 0) is 4.79 Å². The van der Waals surface area contributed by atoms with Crippen molar-refractivity contribution in [3.63, 3.8) is 0 Å². The molecule has 34 heavy (non-hydrogen) atoms. The summed E-state index contributed by atoms with van der Waals surface area (Å²) in [5, 5.41) is 6.28. The summed E-state index contributed by atoms with van der Waals surface area (Å²) in [5.74, 6) is -0.218. The van der Waals surface area contributed by atoms with Crippen LogP contribution in [0.5, 0.6) is 0 Å². The maximum Gasteiger partial charge on any atom is 0.326 e. The summed E-state index contributed by atoms with van der Waals surface area (Å²) in [5.41, 5.74) is -2.04. The maximum absolute atomic E-state index is 13.7. The van der Waals surface area contributed by atoms with E-state index in [1.807, 2.05) is 0 Å². The summed E-state index contributed by atoms with van der Waals surface area (Å²) >= 11 is 0. The number of nitrogens with one attached hydrogen (secondary N) is 2. The first-order valence-corrected chi connectivity index (χ1v) is 12.5. The Kier molecular flexibility index (Phi) is 5.26. The Morgan fingerprint density at radius 3 is 1.59 bits per heavy atom. The van der Waals surface area contributed by atoms with Gasteiger partial charge in [-0.25, -0.2) is 14.5 Å². The van der Waals surface area contributed by atoms with Crippen molar-refractivity contribution in [2.75, 3.05) is 27.3 Å². The van der Waals surface area contributed by atoms with Gasteiger partial charge < -0.3 is 15.5 Å². The smallest absolute Gasteiger partial charge is 0.326 e. The van der Waals surface area contributed by atoms with Crippen molar-refractivity contribution in [1.82, 2.24) is 30.2 Å². The maximum atomic E-state index is 13.7. The van der Waals surface area contributed by atoms with Crippen molar-refractivity contribution >= 4 is 18.0 Å². The summed E-state index contributed by atoms with van der Waals surface area (Å²) in [6.07, 6.45) is 2.68. The lowest BCUT2D eigenvalue weighted by Crippen LogP contribution is -2.68. The molecular weight excluding hydrogens is 432 g/mol. The van der Waals surface area contributed by atoms with Crippen LogP contribution in [0, 0.1) is 0 Å². The van der Waals surface area contributed by atoms with Crippen LogP contribution in [0.25, 0.3) is 0 Å². The van der Waals surface area contributed by atoms with Gasteiger partial charge in [0.05, 0.1) is 5.54 Å². The van der Waals surface area contributed by atoms with Crippen molar-refractivity contribution < 1.29 is 14.4 Å². The zero-order valence-electron chi connectivity index (χ0n) is 22.8. The first-order valence-electron chi connectivity index (χ1n) is 12.5. The van der Waals surface area contributed by atoms with Crippen LogP contribution in [0.3, 0.4) is 0 Å². The highest BCUT2D eigenvalue weighted by Crippen LogP contribution is 2.46. The standard InChI is InChI=1S/C25H44N6O3/c1-20(2)11-24(12-21(3,4)28(20)9)15-30(18(33)26-24)16-31-17(32)25(27-19(31)34)13-22(5,6)29(10)23(7,8)14-25/h11-16H2,1-10H3,(H,26,33)(H,27,34). The van der Waals surface area contributed by atoms with Crippen molar-refractivity contribution in [3.8, 4) is 0 Å². The fourth-order valence-corrected chi connectivity index (χ4v) is 7.68. The third-order valence-electron chi connectivity index (χ3n) is 9.35. The van der Waals surface area contributed by atoms with E-state index in [2.05, 4.69) is 89.9 Å². The van der Waals surface area contributed by atoms with E-state index in [-0.39, 0.29) is 46.3 Å². The Morgan fingerprint density at radius 2 is 1.12 bits per heavy atom. The third-order valence-corrected chi connectivity index (χ3v) is 9.35. The average molecular weight is 477 g/mol. The lowest BCUT2D eigenvalue weighted by atomic mass is 9.69. The largest absolute Gasteiger partial charge is 0.331 e. The van der Waals surface area contributed by atoms with Gasteiger partial charge in [-0.15, -0.1) is 0 Å². The Labute approximate surface area is 204 Å². The molecule has 4 saturated heterocycles. The second-order valence-corrected chi connectivity index (χ2v) is 13.9. The zero-order valence-corrected chi connectivity index (χ0v) is 22.8. The molecule has 5 amide bonds. The van der Waals surface area contributed by atoms with Gasteiger partial charge in [0.25, 0.3) is 5.91 Å². The number of carbonyl (C=O) groups excluding carboxylic acids is 3. The second kappa shape index (κ2) is 7.09. The molecule has 0 bridgehead atoms. The molecular formula is C25H44N6O3. The molecule has 0 saturated carbocycles. The molecule has 4 aliphatic rings. The number of hydrogen-bond donors (Lipinski definition) is 2. The van der Waals surface area contributed by atoms with Gasteiger partial charge in [0, 0.05) is 28.7 Å². The molecule has 0 aromatic rings. The monoisotopic (exact) mass is 476 g/mol. The van der Waals surface area contributed by atoms with E-state index in [1.165, 1.54) is 4.90 Å². The van der Waals surface area contributed by atoms with Crippen LogP contribution < -0.4 is 10.6 Å². The lowest BCUT2D eigenvalue weighted by molar-refractivity contribution is -0.140. The quantitative estimate of drug-likeness (QED) is 0.598. The normalized spacial score (nSPS) is 31.3. The zero-order chi connectivity index (χ0) is 25.7. The van der Waals surface area contributed by atoms with Crippen LogP contribution >= 0.6 is 0 Å². The van der Waals surface area contributed by atoms with E-state index in [9.17, 15) is 14.4 Å². The molecule has 192 valence electrons. The Bertz CT molecular complexity index is 888. The summed E-state index contributed by atoms with van der Waals surface area (Å²) < 4.78 is 0. The number of hydrogen-bond acceptors (Lipinski definition) is 5. The second-order valence-electron chi connectivity index (χ2n) is 13.9. The molecule has 0 radical (unpaired) electrons. The number of amides is 5. The fourth-order valence-electron chi connectivity index (χ4n) is 7.68. The molecule has 9 nitrogen and oxygen atoms in total. The van der Waals surface area contributed by atoms with Crippen molar-refractivity contribution in [2.24, 2.45) is 0 Å². The summed E-state index contributed by atoms with van der Waals surface area (Å²) in [6, 6.07) is -0.610. The molecule has 2 spiro atoms. The predicted molar refractivity (Wildman–Crippen MR) is 131 cm³/mol. The highest BCUT2D eigenvalue weighted by molar-refractivity contribution is 6.07. The summed E-state index contributed by atoms with van der Waals surface area (Å²) in [4.78, 5) is 47.5. The van der Waals surface area contributed by atoms with E-state index >= 15 is 0 Å². The molecule has 0 aromatic carbocycles. The molecule has 0 atom stereocenters. The molecule has 0 aromatic heterocycles. The number of nitrogens with zero attached hydrogens (tertiary/aromatic N) is 4. The van der Waals surface area contributed by atoms with Gasteiger partial charge in [-0.05, 0) is 95.2 Å². The van der Waals surface area contributed by atoms with Gasteiger partial charge in [-0.2, -0.15) is 0 Å². The van der Waals surface area contributed by atoms with Crippen LogP contribution in [-0.4, -0.2) is 98.1 Å². The van der Waals surface area contributed by atoms with Crippen LogP contribution in [0.4, 0.5) is 9.59 Å². The van der Waals surface area contributed by atoms with E-state index in [4.69, 9.17) is 0 Å². The first kappa shape index (κ1) is 25.2. The number of urea groups is 2. The van der Waals surface area contributed by atoms with Gasteiger partial charge in [-0.1, -0.05) is 0 Å². The number of likely N-dealkylation sites (tertiary alicyclic amines) is 2. The highest BCUT2D eigenvalue weighted by atomic mass is 16.2. The minimum Gasteiger partial charge on any atom is -0.331 e. The van der Waals surface area contributed by atoms with Crippen LogP contribution in [0.2, 0.25) is 0 Å². The first-order chi connectivity index (χ1) is 15.3. The van der Waals surface area contributed by atoms with E-state index < -0.39 is 11.6 Å². The minimum absolute atomic E-state index is 0.0204. The molecule has 9 heteroatoms. The molecule has 4 aliphatic heterocycles. The molecule has 4 heterocycles. The highest BCUT2D eigenvalue weighted by Gasteiger charge is 2.61. The number of imide groups is 1. The van der Waals surface area contributed by atoms with Gasteiger partial charge in [0.1, 0.15) is 12.2 Å². The van der Waals surface area contributed by atoms with E-state index in [1.54, 1.807) is 4.90 Å². The molecule has 2 N–H and O–H groups in total. The fraction of sp³-hybridized carbons (Fsp3) is 0.880. The molecule has 0 unspecified atom stereocenters. The molecule has 0 aliphatic carbocycles. The van der Waals surface area contributed by atoms with Crippen molar-refractivity contribution in [2.45, 2.75) is 114 Å². The average Bonchev–Trinajstić information content (AvgIpc) is 3.04. The lowest BCUT2D eigenvalue weighted by Gasteiger charge is -2.57. The Balaban J connectivity index is 1.55. The van der Waals surface area contributed by atoms with E-state index in [0.717, 1.165) is 12.8 Å². The van der Waals surface area contributed by atoms with Crippen LogP contribution in [0.15, 0.2) is 0 Å². The minimum atomic E-state index is -0.942. The van der Waals surface area contributed by atoms with Gasteiger partial charge in [0.2, 0.25) is 0 Å². The predicted octanol–water partition coefficient (Wildman–Crippen LogP) is 2.56. The molecule has 4 fully saturated rings. The topological polar surface area (TPSA) is 88.2 Å².